The molecule has 17 heavy (non-hydrogen) atoms. The van der Waals surface area contributed by atoms with Crippen LogP contribution in [0.5, 0.6) is 0 Å². The van der Waals surface area contributed by atoms with Gasteiger partial charge in [0.05, 0.1) is 0 Å². The Morgan fingerprint density at radius 2 is 2.18 bits per heavy atom. The minimum absolute atomic E-state index is 0.712. The van der Waals surface area contributed by atoms with Crippen molar-refractivity contribution in [1.82, 2.24) is 5.32 Å². The Morgan fingerprint density at radius 1 is 1.24 bits per heavy atom. The fraction of sp³-hybridized carbons (Fsp3) is 0.467. The molecule has 0 bridgehead atoms. The number of hydrogen-bond donors (Lipinski definition) is 1. The first-order valence-electron chi connectivity index (χ1n) is 6.55. The quantitative estimate of drug-likeness (QED) is 0.819. The van der Waals surface area contributed by atoms with Gasteiger partial charge in [0.15, 0.2) is 0 Å². The summed E-state index contributed by atoms with van der Waals surface area (Å²) in [6, 6.07) is 9.54. The van der Waals surface area contributed by atoms with Crippen LogP contribution in [0.3, 0.4) is 0 Å². The van der Waals surface area contributed by atoms with E-state index in [0.29, 0.717) is 6.04 Å². The largest absolute Gasteiger partial charge is 0.313 e. The molecular formula is C15H19NS. The number of rotatable bonds is 3. The maximum absolute atomic E-state index is 3.73. The van der Waals surface area contributed by atoms with Gasteiger partial charge in [-0.25, -0.2) is 0 Å². The highest BCUT2D eigenvalue weighted by Crippen LogP contribution is 2.36. The molecule has 1 aromatic rings. The second-order valence-corrected chi connectivity index (χ2v) is 6.28. The summed E-state index contributed by atoms with van der Waals surface area (Å²) in [4.78, 5) is 1.49. The van der Waals surface area contributed by atoms with E-state index in [1.54, 1.807) is 0 Å². The van der Waals surface area contributed by atoms with Crippen molar-refractivity contribution in [3.8, 4) is 0 Å². The SMILES string of the molecule is C1=CCC(NCC2Cc3ccccc3S2)CC1. The van der Waals surface area contributed by atoms with Crippen molar-refractivity contribution in [2.24, 2.45) is 0 Å². The second-order valence-electron chi connectivity index (χ2n) is 4.94. The van der Waals surface area contributed by atoms with E-state index < -0.39 is 0 Å². The van der Waals surface area contributed by atoms with Crippen molar-refractivity contribution in [2.75, 3.05) is 6.54 Å². The predicted octanol–water partition coefficient (Wildman–Crippen LogP) is 3.40. The van der Waals surface area contributed by atoms with Gasteiger partial charge in [-0.3, -0.25) is 0 Å². The average molecular weight is 245 g/mol. The maximum atomic E-state index is 3.73. The van der Waals surface area contributed by atoms with Crippen molar-refractivity contribution in [3.05, 3.63) is 42.0 Å². The highest BCUT2D eigenvalue weighted by atomic mass is 32.2. The van der Waals surface area contributed by atoms with E-state index in [0.717, 1.165) is 11.8 Å². The minimum Gasteiger partial charge on any atom is -0.313 e. The van der Waals surface area contributed by atoms with Crippen LogP contribution in [0.2, 0.25) is 0 Å². The molecule has 0 fully saturated rings. The summed E-state index contributed by atoms with van der Waals surface area (Å²) in [5.41, 5.74) is 1.54. The van der Waals surface area contributed by atoms with E-state index in [1.165, 1.54) is 36.1 Å². The molecule has 0 spiro atoms. The summed E-state index contributed by atoms with van der Waals surface area (Å²) in [6.45, 7) is 1.15. The molecule has 0 aromatic heterocycles. The normalized spacial score (nSPS) is 27.1. The van der Waals surface area contributed by atoms with Crippen LogP contribution in [-0.2, 0) is 6.42 Å². The fourth-order valence-corrected chi connectivity index (χ4v) is 3.91. The average Bonchev–Trinajstić information content (AvgIpc) is 2.80. The third kappa shape index (κ3) is 2.75. The molecule has 1 aliphatic carbocycles. The highest BCUT2D eigenvalue weighted by Gasteiger charge is 2.22. The summed E-state index contributed by atoms with van der Waals surface area (Å²) < 4.78 is 0. The summed E-state index contributed by atoms with van der Waals surface area (Å²) in [5.74, 6) is 0. The van der Waals surface area contributed by atoms with E-state index >= 15 is 0 Å². The molecule has 0 amide bonds. The lowest BCUT2D eigenvalue weighted by Gasteiger charge is -2.21. The van der Waals surface area contributed by atoms with Crippen LogP contribution in [0.4, 0.5) is 0 Å². The Morgan fingerprint density at radius 3 is 3.00 bits per heavy atom. The van der Waals surface area contributed by atoms with Gasteiger partial charge in [-0.1, -0.05) is 30.4 Å². The molecule has 2 unspecified atom stereocenters. The van der Waals surface area contributed by atoms with Gasteiger partial charge < -0.3 is 5.32 Å². The molecule has 1 N–H and O–H groups in total. The first kappa shape index (κ1) is 11.4. The van der Waals surface area contributed by atoms with Gasteiger partial charge in [-0.05, 0) is 37.3 Å². The third-order valence-corrected chi connectivity index (χ3v) is 4.94. The number of nitrogens with one attached hydrogen (secondary N) is 1. The molecule has 1 aromatic carbocycles. The van der Waals surface area contributed by atoms with Crippen LogP contribution in [0.15, 0.2) is 41.3 Å². The highest BCUT2D eigenvalue weighted by molar-refractivity contribution is 8.00. The summed E-state index contributed by atoms with van der Waals surface area (Å²) in [6.07, 6.45) is 9.62. The summed E-state index contributed by atoms with van der Waals surface area (Å²) in [5, 5.41) is 4.46. The van der Waals surface area contributed by atoms with Crippen molar-refractivity contribution in [3.63, 3.8) is 0 Å². The lowest BCUT2D eigenvalue weighted by Crippen LogP contribution is -2.34. The van der Waals surface area contributed by atoms with Gasteiger partial charge in [0.25, 0.3) is 0 Å². The molecular weight excluding hydrogens is 226 g/mol. The fourth-order valence-electron chi connectivity index (χ4n) is 2.64. The standard InChI is InChI=1S/C15H19NS/c1-2-7-13(8-3-1)16-11-14-10-12-6-4-5-9-15(12)17-14/h1-2,4-6,9,13-14,16H,3,7-8,10-11H2. The van der Waals surface area contributed by atoms with Gasteiger partial charge in [0.1, 0.15) is 0 Å². The molecule has 90 valence electrons. The van der Waals surface area contributed by atoms with Crippen molar-refractivity contribution in [1.29, 1.82) is 0 Å². The van der Waals surface area contributed by atoms with Crippen LogP contribution in [0.1, 0.15) is 24.8 Å². The molecule has 1 heterocycles. The topological polar surface area (TPSA) is 12.0 Å². The van der Waals surface area contributed by atoms with E-state index in [4.69, 9.17) is 0 Å². The molecule has 3 rings (SSSR count). The number of benzene rings is 1. The zero-order valence-corrected chi connectivity index (χ0v) is 10.9. The van der Waals surface area contributed by atoms with Crippen molar-refractivity contribution in [2.45, 2.75) is 41.9 Å². The Labute approximate surface area is 108 Å². The summed E-state index contributed by atoms with van der Waals surface area (Å²) in [7, 11) is 0. The maximum Gasteiger partial charge on any atom is 0.0260 e. The molecule has 0 radical (unpaired) electrons. The van der Waals surface area contributed by atoms with Crippen LogP contribution < -0.4 is 5.32 Å². The number of thioether (sulfide) groups is 1. The molecule has 2 heteroatoms. The Hall–Kier alpha value is -0.730. The molecule has 2 atom stereocenters. The number of allylic oxidation sites excluding steroid dienone is 1. The first-order valence-corrected chi connectivity index (χ1v) is 7.43. The Bertz CT molecular complexity index is 388. The lowest BCUT2D eigenvalue weighted by molar-refractivity contribution is 0.474. The van der Waals surface area contributed by atoms with Crippen LogP contribution >= 0.6 is 11.8 Å². The molecule has 2 aliphatic rings. The van der Waals surface area contributed by atoms with E-state index in [9.17, 15) is 0 Å². The van der Waals surface area contributed by atoms with Crippen LogP contribution in [-0.4, -0.2) is 17.8 Å². The van der Waals surface area contributed by atoms with E-state index in [2.05, 4.69) is 41.7 Å². The van der Waals surface area contributed by atoms with Crippen LogP contribution in [0, 0.1) is 0 Å². The third-order valence-electron chi connectivity index (χ3n) is 3.62. The van der Waals surface area contributed by atoms with E-state index in [1.807, 2.05) is 11.8 Å². The molecule has 0 saturated heterocycles. The monoisotopic (exact) mass is 245 g/mol. The van der Waals surface area contributed by atoms with Gasteiger partial charge in [-0.15, -0.1) is 11.8 Å². The predicted molar refractivity (Wildman–Crippen MR) is 74.6 cm³/mol. The number of fused-ring (bicyclic) bond motifs is 1. The summed E-state index contributed by atoms with van der Waals surface area (Å²) >= 11 is 2.04. The lowest BCUT2D eigenvalue weighted by atomic mass is 10.0. The smallest absolute Gasteiger partial charge is 0.0260 e. The van der Waals surface area contributed by atoms with Gasteiger partial charge in [0.2, 0.25) is 0 Å². The van der Waals surface area contributed by atoms with Gasteiger partial charge >= 0.3 is 0 Å². The second kappa shape index (κ2) is 5.28. The van der Waals surface area contributed by atoms with Gasteiger partial charge in [0, 0.05) is 22.7 Å². The molecule has 1 aliphatic heterocycles. The number of hydrogen-bond acceptors (Lipinski definition) is 2. The molecule has 0 saturated carbocycles. The Balaban J connectivity index is 1.50. The van der Waals surface area contributed by atoms with E-state index in [-0.39, 0.29) is 0 Å². The Kier molecular flexibility index (Phi) is 3.53. The zero-order chi connectivity index (χ0) is 11.5. The zero-order valence-electron chi connectivity index (χ0n) is 10.1. The van der Waals surface area contributed by atoms with Crippen molar-refractivity contribution < 1.29 is 0 Å². The van der Waals surface area contributed by atoms with Gasteiger partial charge in [-0.2, -0.15) is 0 Å². The minimum atomic E-state index is 0.712. The molecule has 1 nitrogen and oxygen atoms in total. The first-order chi connectivity index (χ1) is 8.42. The van der Waals surface area contributed by atoms with Crippen LogP contribution in [0.25, 0.3) is 0 Å². The van der Waals surface area contributed by atoms with Crippen molar-refractivity contribution >= 4 is 11.8 Å².